The van der Waals surface area contributed by atoms with Crippen LogP contribution in [0, 0.1) is 0 Å². The fourth-order valence-corrected chi connectivity index (χ4v) is 9.92. The minimum Gasteiger partial charge on any atom is -0.465 e. The van der Waals surface area contributed by atoms with Crippen molar-refractivity contribution >= 4 is 113 Å². The van der Waals surface area contributed by atoms with Crippen LogP contribution in [0.4, 0.5) is 41.2 Å². The summed E-state index contributed by atoms with van der Waals surface area (Å²) in [5.74, 6) is 4.43. The van der Waals surface area contributed by atoms with E-state index < -0.39 is 5.91 Å². The van der Waals surface area contributed by atoms with Gasteiger partial charge in [-0.3, -0.25) is 19.8 Å². The van der Waals surface area contributed by atoms with Crippen molar-refractivity contribution in [3.63, 3.8) is 0 Å². The van der Waals surface area contributed by atoms with E-state index in [2.05, 4.69) is 60.6 Å². The van der Waals surface area contributed by atoms with Gasteiger partial charge in [0, 0.05) is 58.5 Å². The molecule has 22 heteroatoms. The number of hydrogen-bond acceptors (Lipinski definition) is 16. The van der Waals surface area contributed by atoms with Crippen molar-refractivity contribution in [2.45, 2.75) is 35.4 Å². The predicted octanol–water partition coefficient (Wildman–Crippen LogP) is 15.1. The van der Waals surface area contributed by atoms with E-state index in [1.807, 2.05) is 241 Å². The Morgan fingerprint density at radius 1 is 0.468 bits per heavy atom. The van der Waals surface area contributed by atoms with Gasteiger partial charge in [0.1, 0.15) is 22.1 Å². The highest BCUT2D eigenvalue weighted by Gasteiger charge is 2.21. The first-order chi connectivity index (χ1) is 44.4. The zero-order valence-corrected chi connectivity index (χ0v) is 52.0. The molecule has 0 spiro atoms. The topological polar surface area (TPSA) is 243 Å². The molecular formula is C72H76BrN17O4. The number of para-hydroxylation sites is 8. The summed E-state index contributed by atoms with van der Waals surface area (Å²) >= 11 is 3.20. The third kappa shape index (κ3) is 17.0. The predicted molar refractivity (Wildman–Crippen MR) is 381 cm³/mol. The van der Waals surface area contributed by atoms with Crippen molar-refractivity contribution in [1.29, 1.82) is 0 Å². The lowest BCUT2D eigenvalue weighted by Crippen LogP contribution is -2.21. The van der Waals surface area contributed by atoms with Gasteiger partial charge in [0.25, 0.3) is 5.91 Å². The maximum absolute atomic E-state index is 11.7. The average molecular weight is 1320 g/mol. The molecule has 1 amide bonds. The van der Waals surface area contributed by atoms with Crippen LogP contribution in [0.25, 0.3) is 44.1 Å². The molecule has 0 atom stereocenters. The van der Waals surface area contributed by atoms with E-state index in [1.54, 1.807) is 54.5 Å². The first-order valence-corrected chi connectivity index (χ1v) is 29.4. The number of esters is 1. The fourth-order valence-electron chi connectivity index (χ4n) is 9.65. The maximum Gasteiger partial charge on any atom is 0.337 e. The van der Waals surface area contributed by atoms with E-state index in [4.69, 9.17) is 25.6 Å². The van der Waals surface area contributed by atoms with Crippen LogP contribution < -0.4 is 26.3 Å². The summed E-state index contributed by atoms with van der Waals surface area (Å²) in [4.78, 5) is 62.7. The highest BCUT2D eigenvalue weighted by Crippen LogP contribution is 2.31. The van der Waals surface area contributed by atoms with Crippen molar-refractivity contribution in [1.82, 2.24) is 63.6 Å². The Kier molecular flexibility index (Phi) is 24.9. The number of methoxy groups -OCH3 is 1. The smallest absolute Gasteiger partial charge is 0.337 e. The molecule has 0 bridgehead atoms. The summed E-state index contributed by atoms with van der Waals surface area (Å²) in [5, 5.41) is 12.0. The monoisotopic (exact) mass is 1320 g/mol. The molecule has 6 aromatic carbocycles. The van der Waals surface area contributed by atoms with Crippen molar-refractivity contribution in [2.24, 2.45) is 28.2 Å². The van der Waals surface area contributed by atoms with Gasteiger partial charge in [-0.25, -0.2) is 50.1 Å². The number of anilines is 7. The normalized spacial score (nSPS) is 10.2. The van der Waals surface area contributed by atoms with E-state index in [1.165, 1.54) is 7.11 Å². The number of carbonyl (C=O) groups is 2. The van der Waals surface area contributed by atoms with Crippen molar-refractivity contribution in [3.05, 3.63) is 270 Å². The number of ether oxygens (including phenoxy) is 1. The largest absolute Gasteiger partial charge is 0.465 e. The lowest BCUT2D eigenvalue weighted by molar-refractivity contribution is 0.0600. The number of imidazole rings is 4. The standard InChI is InChI=1S/C22H20N4O2.C21H19N5O2.C13H12N4.C8H9N3.C5H4BrN.3CH4/c1-25-19-8-4-3-7-18(19)24-22(25)26(20-9-5-6-14-23-20)15-16-10-12-17(13-11-16)21(27)28-2;1-25-18-7-3-2-6-17(18)23-21(25)26(19-8-4-5-13-22-19)14-15-9-11-16(12-10-15)20(27)24-28;1-17-11-7-3-2-6-10(11)15-13(17)16-12-8-4-5-9-14-12;1-11-7-5-3-2-4-6(7)10-8(11)9;6-5-3-1-2-4-7-5;;;/h3-14H,15H2,1-2H3;2-13,28H,14H2,1H3,(H,24,27);2-9H,1H3,(H,14,15,16);2-5H,1H3,(H2,9,10);1-4H;3*1H4. The molecule has 0 aliphatic heterocycles. The molecule has 480 valence electrons. The number of nitrogens with two attached hydrogens (primary N) is 1. The van der Waals surface area contributed by atoms with Gasteiger partial charge in [-0.1, -0.05) is 119 Å². The third-order valence-electron chi connectivity index (χ3n) is 14.4. The van der Waals surface area contributed by atoms with Crippen molar-refractivity contribution < 1.29 is 19.5 Å². The molecule has 0 fully saturated rings. The Morgan fingerprint density at radius 2 is 0.862 bits per heavy atom. The second-order valence-electron chi connectivity index (χ2n) is 20.3. The van der Waals surface area contributed by atoms with E-state index >= 15 is 0 Å². The zero-order chi connectivity index (χ0) is 63.6. The van der Waals surface area contributed by atoms with Crippen LogP contribution >= 0.6 is 15.9 Å². The Bertz CT molecular complexity index is 4480. The number of benzene rings is 6. The Morgan fingerprint density at radius 3 is 1.23 bits per heavy atom. The van der Waals surface area contributed by atoms with Gasteiger partial charge >= 0.3 is 5.97 Å². The number of nitrogens with one attached hydrogen (secondary N) is 2. The Hall–Kier alpha value is -11.6. The summed E-state index contributed by atoms with van der Waals surface area (Å²) in [7, 11) is 9.26. The number of amides is 1. The van der Waals surface area contributed by atoms with Crippen LogP contribution in [-0.2, 0) is 46.0 Å². The first-order valence-electron chi connectivity index (χ1n) is 28.6. The average Bonchev–Trinajstić information content (AvgIpc) is 1.65. The lowest BCUT2D eigenvalue weighted by atomic mass is 10.1. The molecule has 0 aliphatic carbocycles. The summed E-state index contributed by atoms with van der Waals surface area (Å²) < 4.78 is 13.6. The number of hydrogen-bond donors (Lipinski definition) is 4. The number of pyridine rings is 4. The van der Waals surface area contributed by atoms with Crippen LogP contribution in [0.5, 0.6) is 0 Å². The minimum atomic E-state index is -0.538. The summed E-state index contributed by atoms with van der Waals surface area (Å²) in [6.07, 6.45) is 7.01. The molecule has 0 radical (unpaired) electrons. The maximum atomic E-state index is 11.7. The lowest BCUT2D eigenvalue weighted by Gasteiger charge is -2.23. The first kappa shape index (κ1) is 69.8. The number of aryl methyl sites for hydroxylation is 4. The summed E-state index contributed by atoms with van der Waals surface area (Å²) in [5.41, 5.74) is 18.2. The number of halogens is 1. The van der Waals surface area contributed by atoms with Gasteiger partial charge < -0.3 is 34.1 Å². The van der Waals surface area contributed by atoms with Crippen LogP contribution in [0.15, 0.2) is 248 Å². The Labute approximate surface area is 555 Å². The SMILES string of the molecule is Brc1ccccn1.C.C.C.COC(=O)c1ccc(CN(c2ccccn2)c2nc3ccccc3n2C)cc1.Cn1c(N(Cc2ccc(C(=O)NO)cc2)c2ccccn2)nc2ccccc21.Cn1c(N)nc2ccccc21.Cn1c(Nc2ccccn2)nc2ccccc21. The molecule has 0 saturated carbocycles. The number of fused-ring (bicyclic) bond motifs is 4. The van der Waals surface area contributed by atoms with Gasteiger partial charge in [0.05, 0.1) is 69.9 Å². The molecular weight excluding hydrogens is 1250 g/mol. The second kappa shape index (κ2) is 33.4. The second-order valence-corrected chi connectivity index (χ2v) is 21.1. The number of aromatic nitrogens is 12. The number of nitrogen functional groups attached to an aromatic ring is 1. The van der Waals surface area contributed by atoms with Gasteiger partial charge in [-0.2, -0.15) is 0 Å². The number of nitrogens with zero attached hydrogens (tertiary/aromatic N) is 14. The molecule has 0 saturated heterocycles. The zero-order valence-electron chi connectivity index (χ0n) is 50.4. The minimum absolute atomic E-state index is 0. The van der Waals surface area contributed by atoms with E-state index in [0.29, 0.717) is 30.2 Å². The van der Waals surface area contributed by atoms with E-state index in [9.17, 15) is 9.59 Å². The van der Waals surface area contributed by atoms with E-state index in [-0.39, 0.29) is 28.2 Å². The molecule has 14 aromatic rings. The van der Waals surface area contributed by atoms with Crippen molar-refractivity contribution in [2.75, 3.05) is 28.0 Å². The van der Waals surface area contributed by atoms with E-state index in [0.717, 1.165) is 95.2 Å². The summed E-state index contributed by atoms with van der Waals surface area (Å²) in [6, 6.07) is 69.4. The highest BCUT2D eigenvalue weighted by atomic mass is 79.9. The molecule has 0 unspecified atom stereocenters. The molecule has 94 heavy (non-hydrogen) atoms. The summed E-state index contributed by atoms with van der Waals surface area (Å²) in [6.45, 7) is 1.09. The number of carbonyl (C=O) groups excluding carboxylic acids is 2. The van der Waals surface area contributed by atoms with Gasteiger partial charge in [0.15, 0.2) is 0 Å². The van der Waals surface area contributed by atoms with Crippen LogP contribution in [0.2, 0.25) is 0 Å². The van der Waals surface area contributed by atoms with Crippen LogP contribution in [-0.4, -0.2) is 82.3 Å². The van der Waals surface area contributed by atoms with Crippen LogP contribution in [0.3, 0.4) is 0 Å². The quantitative estimate of drug-likeness (QED) is 0.0385. The fraction of sp³-hybridized carbons (Fsp3) is 0.139. The molecule has 8 aromatic heterocycles. The Balaban J connectivity index is 0.000000176. The molecule has 14 rings (SSSR count). The number of rotatable bonds is 12. The molecule has 5 N–H and O–H groups in total. The molecule has 0 aliphatic rings. The molecule has 8 heterocycles. The molecule has 21 nitrogen and oxygen atoms in total. The number of hydroxylamine groups is 1. The van der Waals surface area contributed by atoms with Gasteiger partial charge in [0.2, 0.25) is 23.8 Å². The highest BCUT2D eigenvalue weighted by molar-refractivity contribution is 9.10. The van der Waals surface area contributed by atoms with Crippen LogP contribution in [0.1, 0.15) is 54.1 Å². The van der Waals surface area contributed by atoms with Gasteiger partial charge in [-0.05, 0) is 148 Å². The third-order valence-corrected chi connectivity index (χ3v) is 14.8. The van der Waals surface area contributed by atoms with Gasteiger partial charge in [-0.15, -0.1) is 0 Å². The van der Waals surface area contributed by atoms with Crippen molar-refractivity contribution in [3.8, 4) is 0 Å².